The van der Waals surface area contributed by atoms with Crippen LogP contribution in [-0.4, -0.2) is 27.4 Å². The third-order valence-corrected chi connectivity index (χ3v) is 6.53. The molecule has 1 fully saturated rings. The van der Waals surface area contributed by atoms with Gasteiger partial charge in [0.2, 0.25) is 0 Å². The van der Waals surface area contributed by atoms with E-state index in [1.54, 1.807) is 12.1 Å². The fraction of sp³-hybridized carbons (Fsp3) is 0.333. The van der Waals surface area contributed by atoms with Gasteiger partial charge < -0.3 is 5.32 Å². The minimum atomic E-state index is -0.226. The van der Waals surface area contributed by atoms with E-state index >= 15 is 0 Å². The van der Waals surface area contributed by atoms with E-state index in [0.717, 1.165) is 49.3 Å². The molecule has 0 aliphatic heterocycles. The van der Waals surface area contributed by atoms with Crippen LogP contribution in [-0.2, 0) is 12.8 Å². The second kappa shape index (κ2) is 7.23. The van der Waals surface area contributed by atoms with Gasteiger partial charge in [0.1, 0.15) is 5.82 Å². The molecule has 1 aromatic carbocycles. The number of benzene rings is 1. The molecule has 5 rings (SSSR count). The first-order valence-electron chi connectivity index (χ1n) is 10.3. The van der Waals surface area contributed by atoms with Crippen LogP contribution >= 0.6 is 0 Å². The summed E-state index contributed by atoms with van der Waals surface area (Å²) in [7, 11) is 0. The van der Waals surface area contributed by atoms with Crippen molar-refractivity contribution in [2.75, 3.05) is 6.54 Å². The van der Waals surface area contributed by atoms with Crippen molar-refractivity contribution >= 4 is 6.08 Å². The molecule has 1 N–H and O–H groups in total. The normalized spacial score (nSPS) is 22.8. The van der Waals surface area contributed by atoms with E-state index in [9.17, 15) is 4.39 Å². The molecule has 148 valence electrons. The molecule has 1 saturated carbocycles. The summed E-state index contributed by atoms with van der Waals surface area (Å²) in [4.78, 5) is 4.42. The molecule has 2 heterocycles. The number of pyridine rings is 1. The highest BCUT2D eigenvalue weighted by atomic mass is 19.1. The van der Waals surface area contributed by atoms with Crippen LogP contribution in [0.15, 0.2) is 60.4 Å². The van der Waals surface area contributed by atoms with E-state index in [-0.39, 0.29) is 11.2 Å². The molecular weight excluding hydrogens is 363 g/mol. The van der Waals surface area contributed by atoms with E-state index < -0.39 is 0 Å². The van der Waals surface area contributed by atoms with Crippen molar-refractivity contribution in [3.63, 3.8) is 0 Å². The highest BCUT2D eigenvalue weighted by Gasteiger charge is 2.45. The lowest BCUT2D eigenvalue weighted by molar-refractivity contribution is 0.297. The van der Waals surface area contributed by atoms with Gasteiger partial charge in [-0.25, -0.2) is 9.07 Å². The van der Waals surface area contributed by atoms with Crippen LogP contribution in [0, 0.1) is 11.2 Å². The summed E-state index contributed by atoms with van der Waals surface area (Å²) in [6, 6.07) is 13.1. The predicted octanol–water partition coefficient (Wildman–Crippen LogP) is 4.35. The van der Waals surface area contributed by atoms with Crippen LogP contribution in [0.25, 0.3) is 11.8 Å². The van der Waals surface area contributed by atoms with Gasteiger partial charge in [0.15, 0.2) is 0 Å². The van der Waals surface area contributed by atoms with Crippen molar-refractivity contribution in [2.24, 2.45) is 5.41 Å². The molecule has 1 unspecified atom stereocenters. The maximum absolute atomic E-state index is 13.3. The smallest absolute Gasteiger partial charge is 0.123 e. The van der Waals surface area contributed by atoms with Crippen LogP contribution < -0.4 is 5.32 Å². The highest BCUT2D eigenvalue weighted by molar-refractivity contribution is 5.62. The number of nitrogens with zero attached hydrogens (tertiary/aromatic N) is 3. The lowest BCUT2D eigenvalue weighted by Gasteiger charge is -2.36. The summed E-state index contributed by atoms with van der Waals surface area (Å²) in [6.07, 6.45) is 10.3. The lowest BCUT2D eigenvalue weighted by Crippen LogP contribution is -2.43. The Kier molecular flexibility index (Phi) is 4.55. The summed E-state index contributed by atoms with van der Waals surface area (Å²) in [6.45, 7) is 3.31. The molecule has 0 spiro atoms. The number of hydrogen-bond donors (Lipinski definition) is 1. The summed E-state index contributed by atoms with van der Waals surface area (Å²) >= 11 is 0. The van der Waals surface area contributed by atoms with Gasteiger partial charge in [-0.2, -0.15) is 5.10 Å². The van der Waals surface area contributed by atoms with Gasteiger partial charge in [-0.1, -0.05) is 18.6 Å². The average molecular weight is 388 g/mol. The third-order valence-electron chi connectivity index (χ3n) is 6.53. The first-order valence-corrected chi connectivity index (χ1v) is 10.3. The molecular formula is C24H25FN4. The first-order chi connectivity index (χ1) is 14.1. The molecule has 4 nitrogen and oxygen atoms in total. The van der Waals surface area contributed by atoms with Crippen molar-refractivity contribution < 1.29 is 4.39 Å². The van der Waals surface area contributed by atoms with E-state index in [1.807, 2.05) is 29.2 Å². The Labute approximate surface area is 170 Å². The average Bonchev–Trinajstić information content (AvgIpc) is 3.28. The summed E-state index contributed by atoms with van der Waals surface area (Å²) in [5.41, 5.74) is 6.04. The molecule has 3 aromatic rings. The maximum Gasteiger partial charge on any atom is 0.123 e. The van der Waals surface area contributed by atoms with Gasteiger partial charge in [0.25, 0.3) is 0 Å². The number of halogens is 1. The highest BCUT2D eigenvalue weighted by Crippen LogP contribution is 2.49. The molecule has 0 saturated heterocycles. The largest absolute Gasteiger partial charge is 0.313 e. The fourth-order valence-corrected chi connectivity index (χ4v) is 4.88. The second-order valence-electron chi connectivity index (χ2n) is 8.32. The quantitative estimate of drug-likeness (QED) is 0.707. The standard InChI is InChI=1S/C24H25FN4/c1-24-15-17-16-28-29(21-8-6-19(25)7-9-21)22(17)14-18(24)5-10-23(24)27-13-11-20-4-2-3-12-26-20/h2-4,6-9,12,14,16,23,27H,5,10-11,13,15H2,1H3/t23?,24-/m0/s1. The summed E-state index contributed by atoms with van der Waals surface area (Å²) < 4.78 is 15.2. The fourth-order valence-electron chi connectivity index (χ4n) is 4.88. The van der Waals surface area contributed by atoms with E-state index in [1.165, 1.54) is 23.3 Å². The zero-order chi connectivity index (χ0) is 19.8. The molecule has 29 heavy (non-hydrogen) atoms. The van der Waals surface area contributed by atoms with Crippen LogP contribution in [0.3, 0.4) is 0 Å². The van der Waals surface area contributed by atoms with Crippen molar-refractivity contribution in [1.82, 2.24) is 20.1 Å². The molecule has 2 aromatic heterocycles. The Morgan fingerprint density at radius 2 is 2.07 bits per heavy atom. The number of fused-ring (bicyclic) bond motifs is 2. The minimum Gasteiger partial charge on any atom is -0.313 e. The van der Waals surface area contributed by atoms with E-state index in [2.05, 4.69) is 34.5 Å². The Balaban J connectivity index is 1.34. The van der Waals surface area contributed by atoms with Crippen molar-refractivity contribution in [3.05, 3.63) is 83.2 Å². The SMILES string of the molecule is C[C@]12Cc3cnn(-c4ccc(F)cc4)c3C=C1CCC2NCCc1ccccn1. The first kappa shape index (κ1) is 18.3. The van der Waals surface area contributed by atoms with Gasteiger partial charge in [-0.05, 0) is 67.3 Å². The van der Waals surface area contributed by atoms with Crippen LogP contribution in [0.5, 0.6) is 0 Å². The number of nitrogens with one attached hydrogen (secondary N) is 1. The van der Waals surface area contributed by atoms with Crippen LogP contribution in [0.4, 0.5) is 4.39 Å². The van der Waals surface area contributed by atoms with E-state index in [4.69, 9.17) is 0 Å². The summed E-state index contributed by atoms with van der Waals surface area (Å²) in [5.74, 6) is -0.226. The number of aromatic nitrogens is 3. The lowest BCUT2D eigenvalue weighted by atomic mass is 9.73. The van der Waals surface area contributed by atoms with E-state index in [0.29, 0.717) is 6.04 Å². The van der Waals surface area contributed by atoms with Gasteiger partial charge in [-0.15, -0.1) is 0 Å². The molecule has 0 bridgehead atoms. The Bertz CT molecular complexity index is 1040. The Hall–Kier alpha value is -2.79. The van der Waals surface area contributed by atoms with Crippen LogP contribution in [0.1, 0.15) is 36.7 Å². The molecule has 2 atom stereocenters. The number of hydrogen-bond acceptors (Lipinski definition) is 3. The van der Waals surface area contributed by atoms with Gasteiger partial charge in [0.05, 0.1) is 17.6 Å². The summed E-state index contributed by atoms with van der Waals surface area (Å²) in [5, 5.41) is 8.40. The number of rotatable bonds is 5. The molecule has 2 aliphatic carbocycles. The van der Waals surface area contributed by atoms with Crippen molar-refractivity contribution in [3.8, 4) is 5.69 Å². The van der Waals surface area contributed by atoms with Gasteiger partial charge in [0, 0.05) is 36.3 Å². The van der Waals surface area contributed by atoms with Crippen LogP contribution in [0.2, 0.25) is 0 Å². The van der Waals surface area contributed by atoms with Gasteiger partial charge >= 0.3 is 0 Å². The van der Waals surface area contributed by atoms with Crippen molar-refractivity contribution in [1.29, 1.82) is 0 Å². The Morgan fingerprint density at radius 1 is 1.21 bits per heavy atom. The topological polar surface area (TPSA) is 42.7 Å². The zero-order valence-corrected chi connectivity index (χ0v) is 16.6. The molecule has 0 amide bonds. The molecule has 5 heteroatoms. The molecule has 0 radical (unpaired) electrons. The maximum atomic E-state index is 13.3. The minimum absolute atomic E-state index is 0.119. The molecule has 2 aliphatic rings. The Morgan fingerprint density at radius 3 is 2.86 bits per heavy atom. The van der Waals surface area contributed by atoms with Crippen molar-refractivity contribution in [2.45, 2.75) is 38.6 Å². The third kappa shape index (κ3) is 3.29. The monoisotopic (exact) mass is 388 g/mol. The second-order valence-corrected chi connectivity index (χ2v) is 8.32. The predicted molar refractivity (Wildman–Crippen MR) is 112 cm³/mol. The zero-order valence-electron chi connectivity index (χ0n) is 16.6. The van der Waals surface area contributed by atoms with Gasteiger partial charge in [-0.3, -0.25) is 4.98 Å².